The Morgan fingerprint density at radius 3 is 2.81 bits per heavy atom. The lowest BCUT2D eigenvalue weighted by Gasteiger charge is -2.31. The molecule has 3 aromatic rings. The number of aromatic hydroxyl groups is 1. The van der Waals surface area contributed by atoms with E-state index >= 15 is 0 Å². The summed E-state index contributed by atoms with van der Waals surface area (Å²) in [5.74, 6) is -2.66. The molecule has 0 radical (unpaired) electrons. The number of piperidine rings is 1. The van der Waals surface area contributed by atoms with Gasteiger partial charge in [-0.3, -0.25) is 4.68 Å². The molecule has 1 fully saturated rings. The molecule has 0 spiro atoms. The number of alkyl halides is 2. The molecule has 1 aliphatic rings. The van der Waals surface area contributed by atoms with Crippen molar-refractivity contribution in [3.63, 3.8) is 0 Å². The highest BCUT2D eigenvalue weighted by atomic mass is 19.3. The van der Waals surface area contributed by atoms with Crippen molar-refractivity contribution in [3.8, 4) is 28.1 Å². The number of anilines is 1. The second-order valence-corrected chi connectivity index (χ2v) is 6.50. The molecule has 1 aliphatic heterocycles. The number of hydrogen-bond donors (Lipinski definition) is 3. The van der Waals surface area contributed by atoms with Gasteiger partial charge in [0.15, 0.2) is 5.82 Å². The number of rotatable bonds is 3. The fourth-order valence-electron chi connectivity index (χ4n) is 3.25. The minimum Gasteiger partial charge on any atom is -0.507 e. The first kappa shape index (κ1) is 17.3. The molecule has 1 saturated heterocycles. The Hall–Kier alpha value is -3.07. The van der Waals surface area contributed by atoms with Crippen LogP contribution in [0.15, 0.2) is 42.7 Å². The summed E-state index contributed by atoms with van der Waals surface area (Å²) in [6, 6.07) is 7.38. The van der Waals surface area contributed by atoms with Crippen LogP contribution in [0.2, 0.25) is 0 Å². The molecular weight excluding hydrogens is 354 g/mol. The average molecular weight is 372 g/mol. The van der Waals surface area contributed by atoms with Gasteiger partial charge in [-0.2, -0.15) is 5.10 Å². The van der Waals surface area contributed by atoms with Gasteiger partial charge in [-0.15, -0.1) is 10.2 Å². The van der Waals surface area contributed by atoms with Crippen LogP contribution in [0.4, 0.5) is 14.6 Å². The van der Waals surface area contributed by atoms with E-state index in [0.717, 1.165) is 0 Å². The second-order valence-electron chi connectivity index (χ2n) is 6.50. The fourth-order valence-corrected chi connectivity index (χ4v) is 3.25. The first-order valence-corrected chi connectivity index (χ1v) is 8.50. The summed E-state index contributed by atoms with van der Waals surface area (Å²) >= 11 is 0. The van der Waals surface area contributed by atoms with E-state index in [9.17, 15) is 13.9 Å². The first-order valence-electron chi connectivity index (χ1n) is 8.50. The first-order chi connectivity index (χ1) is 13.0. The third-order valence-corrected chi connectivity index (χ3v) is 4.68. The van der Waals surface area contributed by atoms with Crippen molar-refractivity contribution in [3.05, 3.63) is 42.7 Å². The zero-order valence-corrected chi connectivity index (χ0v) is 14.3. The molecule has 9 heteroatoms. The van der Waals surface area contributed by atoms with Crippen LogP contribution in [-0.4, -0.2) is 44.1 Å². The molecule has 1 atom stereocenters. The normalized spacial score (nSPS) is 19.1. The SMILES string of the molecule is Nc1nnc(-c2ccccc2O)cc1-c1cnn([C@H]2CCNCC2(F)F)c1. The van der Waals surface area contributed by atoms with Crippen LogP contribution in [0.3, 0.4) is 0 Å². The number of phenolic OH excluding ortho intramolecular Hbond substituents is 1. The van der Waals surface area contributed by atoms with Gasteiger partial charge in [0.05, 0.1) is 18.4 Å². The van der Waals surface area contributed by atoms with Gasteiger partial charge in [0.25, 0.3) is 5.92 Å². The van der Waals surface area contributed by atoms with Crippen molar-refractivity contribution >= 4 is 5.82 Å². The molecule has 0 bridgehead atoms. The van der Waals surface area contributed by atoms with Crippen LogP contribution >= 0.6 is 0 Å². The number of nitrogens with one attached hydrogen (secondary N) is 1. The highest BCUT2D eigenvalue weighted by Gasteiger charge is 2.43. The van der Waals surface area contributed by atoms with Gasteiger partial charge in [-0.25, -0.2) is 8.78 Å². The number of nitrogens with zero attached hydrogens (tertiary/aromatic N) is 4. The van der Waals surface area contributed by atoms with Crippen LogP contribution in [0.1, 0.15) is 12.5 Å². The third-order valence-electron chi connectivity index (χ3n) is 4.68. The Labute approximate surface area is 153 Å². The third kappa shape index (κ3) is 3.21. The van der Waals surface area contributed by atoms with Gasteiger partial charge in [0.2, 0.25) is 0 Å². The number of nitrogens with two attached hydrogens (primary N) is 1. The lowest BCUT2D eigenvalue weighted by Crippen LogP contribution is -2.47. The number of para-hydroxylation sites is 1. The topological polar surface area (TPSA) is 102 Å². The number of halogens is 2. The molecule has 3 heterocycles. The van der Waals surface area contributed by atoms with E-state index in [1.54, 1.807) is 36.5 Å². The summed E-state index contributed by atoms with van der Waals surface area (Å²) in [4.78, 5) is 0. The number of aromatic nitrogens is 4. The van der Waals surface area contributed by atoms with Crippen LogP contribution < -0.4 is 11.1 Å². The van der Waals surface area contributed by atoms with E-state index in [2.05, 4.69) is 20.6 Å². The molecule has 140 valence electrons. The van der Waals surface area contributed by atoms with Crippen LogP contribution in [0.5, 0.6) is 5.75 Å². The van der Waals surface area contributed by atoms with Crippen LogP contribution in [-0.2, 0) is 0 Å². The number of benzene rings is 1. The van der Waals surface area contributed by atoms with Gasteiger partial charge in [-0.05, 0) is 31.2 Å². The van der Waals surface area contributed by atoms with Crippen molar-refractivity contribution < 1.29 is 13.9 Å². The summed E-state index contributed by atoms with van der Waals surface area (Å²) in [6.07, 6.45) is 3.31. The van der Waals surface area contributed by atoms with E-state index in [4.69, 9.17) is 5.73 Å². The molecule has 0 aliphatic carbocycles. The standard InChI is InChI=1S/C18H18F2N6O/c19-18(20)10-22-6-5-16(18)26-9-11(8-23-26)13-7-14(24-25-17(13)21)12-3-1-2-4-15(12)27/h1-4,7-9,16,22,27H,5-6,10H2,(H2,21,25)/t16-/m0/s1. The zero-order chi connectivity index (χ0) is 19.0. The maximum atomic E-state index is 14.2. The lowest BCUT2D eigenvalue weighted by molar-refractivity contribution is -0.0697. The Kier molecular flexibility index (Phi) is 4.23. The van der Waals surface area contributed by atoms with E-state index in [0.29, 0.717) is 28.9 Å². The molecular formula is C18H18F2N6O. The Morgan fingerprint density at radius 1 is 1.22 bits per heavy atom. The minimum absolute atomic E-state index is 0.0626. The second kappa shape index (κ2) is 6.58. The summed E-state index contributed by atoms with van der Waals surface area (Å²) in [6.45, 7) is 0.134. The highest BCUT2D eigenvalue weighted by molar-refractivity contribution is 5.78. The smallest absolute Gasteiger partial charge is 0.282 e. The van der Waals surface area contributed by atoms with Crippen molar-refractivity contribution in [2.75, 3.05) is 18.8 Å². The van der Waals surface area contributed by atoms with E-state index in [1.807, 2.05) is 0 Å². The summed E-state index contributed by atoms with van der Waals surface area (Å²) in [7, 11) is 0. The molecule has 2 aromatic heterocycles. The molecule has 4 rings (SSSR count). The van der Waals surface area contributed by atoms with Crippen molar-refractivity contribution in [2.45, 2.75) is 18.4 Å². The molecule has 1 aromatic carbocycles. The van der Waals surface area contributed by atoms with Gasteiger partial charge in [0, 0.05) is 22.9 Å². The average Bonchev–Trinajstić information content (AvgIpc) is 3.12. The van der Waals surface area contributed by atoms with Crippen molar-refractivity contribution in [2.24, 2.45) is 0 Å². The predicted molar refractivity (Wildman–Crippen MR) is 96.2 cm³/mol. The maximum absolute atomic E-state index is 14.2. The van der Waals surface area contributed by atoms with Crippen LogP contribution in [0.25, 0.3) is 22.4 Å². The van der Waals surface area contributed by atoms with Gasteiger partial charge in [-0.1, -0.05) is 12.1 Å². The number of hydrogen-bond acceptors (Lipinski definition) is 6. The molecule has 0 saturated carbocycles. The monoisotopic (exact) mass is 372 g/mol. The van der Waals surface area contributed by atoms with E-state index in [-0.39, 0.29) is 24.5 Å². The number of nitrogen functional groups attached to an aromatic ring is 1. The Morgan fingerprint density at radius 2 is 2.04 bits per heavy atom. The minimum atomic E-state index is -2.88. The molecule has 4 N–H and O–H groups in total. The van der Waals surface area contributed by atoms with Gasteiger partial charge < -0.3 is 16.2 Å². The number of phenols is 1. The fraction of sp³-hybridized carbons (Fsp3) is 0.278. The van der Waals surface area contributed by atoms with E-state index in [1.165, 1.54) is 10.9 Å². The Balaban J connectivity index is 1.71. The summed E-state index contributed by atoms with van der Waals surface area (Å²) < 4.78 is 29.6. The molecule has 0 unspecified atom stereocenters. The molecule has 0 amide bonds. The van der Waals surface area contributed by atoms with Gasteiger partial charge >= 0.3 is 0 Å². The zero-order valence-electron chi connectivity index (χ0n) is 14.3. The predicted octanol–water partition coefficient (Wildman–Crippen LogP) is 2.46. The summed E-state index contributed by atoms with van der Waals surface area (Å²) in [5, 5.41) is 24.8. The highest BCUT2D eigenvalue weighted by Crippen LogP contribution is 2.36. The molecule has 7 nitrogen and oxygen atoms in total. The van der Waals surface area contributed by atoms with Crippen molar-refractivity contribution in [1.82, 2.24) is 25.3 Å². The van der Waals surface area contributed by atoms with E-state index < -0.39 is 12.0 Å². The van der Waals surface area contributed by atoms with Gasteiger partial charge in [0.1, 0.15) is 11.8 Å². The Bertz CT molecular complexity index is 974. The summed E-state index contributed by atoms with van der Waals surface area (Å²) in [5.41, 5.74) is 7.96. The largest absolute Gasteiger partial charge is 0.507 e. The lowest BCUT2D eigenvalue weighted by atomic mass is 10.0. The van der Waals surface area contributed by atoms with Crippen LogP contribution in [0, 0.1) is 0 Å². The maximum Gasteiger partial charge on any atom is 0.282 e. The quantitative estimate of drug-likeness (QED) is 0.653. The molecule has 27 heavy (non-hydrogen) atoms. The van der Waals surface area contributed by atoms with Crippen molar-refractivity contribution in [1.29, 1.82) is 0 Å².